The highest BCUT2D eigenvalue weighted by molar-refractivity contribution is 7.90. The second kappa shape index (κ2) is 7.16. The maximum Gasteiger partial charge on any atom is 0.182 e. The van der Waals surface area contributed by atoms with Crippen molar-refractivity contribution in [1.29, 1.82) is 0 Å². The summed E-state index contributed by atoms with van der Waals surface area (Å²) in [4.78, 5) is 0.329. The van der Waals surface area contributed by atoms with Crippen LogP contribution in [0.15, 0.2) is 89.8 Å². The molecule has 0 aliphatic carbocycles. The van der Waals surface area contributed by atoms with Crippen LogP contribution in [0.1, 0.15) is 16.7 Å². The molecule has 3 heteroatoms. The molecule has 0 aliphatic heterocycles. The standard InChI is InChI=1S/C21H16O2S/c22-24(23,21-13-5-2-6-14-21)17-20-12-8-7-11-19(20)16-15-18-9-3-1-4-10-18/h1-14H,17H2. The molecule has 3 rings (SSSR count). The lowest BCUT2D eigenvalue weighted by molar-refractivity contribution is 0.595. The molecule has 0 unspecified atom stereocenters. The van der Waals surface area contributed by atoms with Crippen LogP contribution in [0.3, 0.4) is 0 Å². The molecule has 0 fully saturated rings. The SMILES string of the molecule is O=S(=O)(Cc1ccccc1C#Cc1ccccc1)c1ccccc1. The summed E-state index contributed by atoms with van der Waals surface area (Å²) in [5, 5.41) is 0. The van der Waals surface area contributed by atoms with Gasteiger partial charge in [0.05, 0.1) is 10.6 Å². The highest BCUT2D eigenvalue weighted by Gasteiger charge is 2.16. The van der Waals surface area contributed by atoms with Crippen molar-refractivity contribution in [2.24, 2.45) is 0 Å². The van der Waals surface area contributed by atoms with E-state index in [9.17, 15) is 8.42 Å². The molecule has 3 aromatic rings. The van der Waals surface area contributed by atoms with Gasteiger partial charge in [-0.1, -0.05) is 66.4 Å². The summed E-state index contributed by atoms with van der Waals surface area (Å²) in [6.07, 6.45) is 0. The van der Waals surface area contributed by atoms with E-state index in [1.165, 1.54) is 0 Å². The molecule has 0 aliphatic rings. The van der Waals surface area contributed by atoms with Crippen molar-refractivity contribution in [2.45, 2.75) is 10.6 Å². The molecule has 0 atom stereocenters. The Balaban J connectivity index is 1.92. The number of sulfone groups is 1. The molecule has 0 amide bonds. The average Bonchev–Trinajstić information content (AvgIpc) is 2.62. The molecule has 0 heterocycles. The molecule has 0 aromatic heterocycles. The van der Waals surface area contributed by atoms with E-state index in [0.717, 1.165) is 11.1 Å². The fraction of sp³-hybridized carbons (Fsp3) is 0.0476. The Labute approximate surface area is 142 Å². The molecule has 0 bridgehead atoms. The van der Waals surface area contributed by atoms with Gasteiger partial charge in [-0.05, 0) is 35.9 Å². The normalized spacial score (nSPS) is 10.7. The first kappa shape index (κ1) is 16.0. The maximum atomic E-state index is 12.6. The van der Waals surface area contributed by atoms with Gasteiger partial charge in [0.2, 0.25) is 0 Å². The van der Waals surface area contributed by atoms with Crippen LogP contribution in [0.2, 0.25) is 0 Å². The lowest BCUT2D eigenvalue weighted by Crippen LogP contribution is -2.06. The number of hydrogen-bond donors (Lipinski definition) is 0. The van der Waals surface area contributed by atoms with Crippen LogP contribution < -0.4 is 0 Å². The third kappa shape index (κ3) is 3.92. The Hall–Kier alpha value is -2.83. The van der Waals surface area contributed by atoms with Crippen molar-refractivity contribution in [3.63, 3.8) is 0 Å². The van der Waals surface area contributed by atoms with Crippen LogP contribution in [-0.4, -0.2) is 8.42 Å². The molecular weight excluding hydrogens is 316 g/mol. The van der Waals surface area contributed by atoms with E-state index < -0.39 is 9.84 Å². The third-order valence-electron chi connectivity index (χ3n) is 3.58. The van der Waals surface area contributed by atoms with Gasteiger partial charge < -0.3 is 0 Å². The minimum atomic E-state index is -3.39. The minimum Gasteiger partial charge on any atom is -0.223 e. The molecule has 3 aromatic carbocycles. The largest absolute Gasteiger partial charge is 0.223 e. The fourth-order valence-corrected chi connectivity index (χ4v) is 3.74. The zero-order valence-electron chi connectivity index (χ0n) is 13.0. The molecular formula is C21H16O2S. The Morgan fingerprint density at radius 2 is 1.25 bits per heavy atom. The van der Waals surface area contributed by atoms with E-state index in [1.54, 1.807) is 30.3 Å². The van der Waals surface area contributed by atoms with Crippen LogP contribution in [0.4, 0.5) is 0 Å². The number of hydrogen-bond acceptors (Lipinski definition) is 2. The van der Waals surface area contributed by atoms with Gasteiger partial charge in [-0.3, -0.25) is 0 Å². The molecule has 2 nitrogen and oxygen atoms in total. The summed E-state index contributed by atoms with van der Waals surface area (Å²) >= 11 is 0. The van der Waals surface area contributed by atoms with Gasteiger partial charge >= 0.3 is 0 Å². The Kier molecular flexibility index (Phi) is 4.79. The summed E-state index contributed by atoms with van der Waals surface area (Å²) in [6, 6.07) is 25.5. The highest BCUT2D eigenvalue weighted by Crippen LogP contribution is 2.18. The first-order valence-corrected chi connectivity index (χ1v) is 9.23. The van der Waals surface area contributed by atoms with Gasteiger partial charge in [0.1, 0.15) is 0 Å². The van der Waals surface area contributed by atoms with Crippen molar-refractivity contribution < 1.29 is 8.42 Å². The second-order valence-corrected chi connectivity index (χ2v) is 7.33. The first-order valence-electron chi connectivity index (χ1n) is 7.58. The maximum absolute atomic E-state index is 12.6. The van der Waals surface area contributed by atoms with Crippen molar-refractivity contribution in [3.05, 3.63) is 102 Å². The van der Waals surface area contributed by atoms with E-state index in [0.29, 0.717) is 10.5 Å². The van der Waals surface area contributed by atoms with Crippen LogP contribution >= 0.6 is 0 Å². The van der Waals surface area contributed by atoms with E-state index in [1.807, 2.05) is 54.6 Å². The van der Waals surface area contributed by atoms with E-state index in [-0.39, 0.29) is 5.75 Å². The van der Waals surface area contributed by atoms with Crippen molar-refractivity contribution in [3.8, 4) is 11.8 Å². The monoisotopic (exact) mass is 332 g/mol. The first-order chi connectivity index (χ1) is 11.6. The number of benzene rings is 3. The smallest absolute Gasteiger partial charge is 0.182 e. The van der Waals surface area contributed by atoms with E-state index in [4.69, 9.17) is 0 Å². The molecule has 0 spiro atoms. The summed E-state index contributed by atoms with van der Waals surface area (Å²) in [5.74, 6) is 6.11. The van der Waals surface area contributed by atoms with Crippen molar-refractivity contribution >= 4 is 9.84 Å². The van der Waals surface area contributed by atoms with Gasteiger partial charge in [-0.15, -0.1) is 0 Å². The predicted octanol–water partition coefficient (Wildman–Crippen LogP) is 4.06. The Morgan fingerprint density at radius 1 is 0.667 bits per heavy atom. The molecule has 0 radical (unpaired) electrons. The molecule has 0 saturated carbocycles. The third-order valence-corrected chi connectivity index (χ3v) is 5.26. The topological polar surface area (TPSA) is 34.1 Å². The summed E-state index contributed by atoms with van der Waals surface area (Å²) < 4.78 is 25.2. The zero-order valence-corrected chi connectivity index (χ0v) is 13.8. The van der Waals surface area contributed by atoms with Gasteiger partial charge in [-0.25, -0.2) is 8.42 Å². The molecule has 0 saturated heterocycles. The van der Waals surface area contributed by atoms with E-state index >= 15 is 0 Å². The van der Waals surface area contributed by atoms with Crippen LogP contribution in [0.25, 0.3) is 0 Å². The van der Waals surface area contributed by atoms with Crippen LogP contribution in [0, 0.1) is 11.8 Å². The molecule has 118 valence electrons. The summed E-state index contributed by atoms with van der Waals surface area (Å²) in [7, 11) is -3.39. The lowest BCUT2D eigenvalue weighted by Gasteiger charge is -2.06. The average molecular weight is 332 g/mol. The van der Waals surface area contributed by atoms with Gasteiger partial charge in [0.15, 0.2) is 9.84 Å². The number of rotatable bonds is 3. The van der Waals surface area contributed by atoms with Crippen molar-refractivity contribution in [1.82, 2.24) is 0 Å². The van der Waals surface area contributed by atoms with E-state index in [2.05, 4.69) is 11.8 Å². The summed E-state index contributed by atoms with van der Waals surface area (Å²) in [6.45, 7) is 0. The van der Waals surface area contributed by atoms with Gasteiger partial charge in [-0.2, -0.15) is 0 Å². The fourth-order valence-electron chi connectivity index (χ4n) is 2.34. The molecule has 0 N–H and O–H groups in total. The second-order valence-electron chi connectivity index (χ2n) is 5.35. The van der Waals surface area contributed by atoms with Crippen LogP contribution in [-0.2, 0) is 15.6 Å². The predicted molar refractivity (Wildman–Crippen MR) is 96.2 cm³/mol. The zero-order chi connectivity index (χ0) is 16.8. The lowest BCUT2D eigenvalue weighted by atomic mass is 10.1. The Bertz CT molecular complexity index is 980. The van der Waals surface area contributed by atoms with Crippen LogP contribution in [0.5, 0.6) is 0 Å². The summed E-state index contributed by atoms with van der Waals surface area (Å²) in [5.41, 5.74) is 2.35. The quantitative estimate of drug-likeness (QED) is 0.678. The minimum absolute atomic E-state index is 0.0589. The molecule has 24 heavy (non-hydrogen) atoms. The van der Waals surface area contributed by atoms with Crippen molar-refractivity contribution in [2.75, 3.05) is 0 Å². The Morgan fingerprint density at radius 3 is 1.96 bits per heavy atom. The van der Waals surface area contributed by atoms with Gasteiger partial charge in [0, 0.05) is 11.1 Å². The highest BCUT2D eigenvalue weighted by atomic mass is 32.2. The van der Waals surface area contributed by atoms with Gasteiger partial charge in [0.25, 0.3) is 0 Å².